The monoisotopic (exact) mass is 428 g/mol. The number of urea groups is 1. The minimum atomic E-state index is -0.506. The van der Waals surface area contributed by atoms with Crippen LogP contribution >= 0.6 is 11.6 Å². The molecule has 158 valence electrons. The maximum Gasteiger partial charge on any atom is 0.321 e. The lowest BCUT2D eigenvalue weighted by Crippen LogP contribution is -2.67. The van der Waals surface area contributed by atoms with Crippen LogP contribution < -0.4 is 20.3 Å². The number of nitrogens with one attached hydrogen (secondary N) is 2. The van der Waals surface area contributed by atoms with Gasteiger partial charge in [-0.25, -0.2) is 4.79 Å². The fraction of sp³-hybridized carbons (Fsp3) is 0.364. The number of rotatable bonds is 3. The Bertz CT molecular complexity index is 955. The molecule has 4 rings (SSSR count). The van der Waals surface area contributed by atoms with E-state index in [0.29, 0.717) is 43.1 Å². The van der Waals surface area contributed by atoms with Crippen LogP contribution in [0, 0.1) is 0 Å². The molecular formula is C22H25ClN4O3. The van der Waals surface area contributed by atoms with Gasteiger partial charge < -0.3 is 25.2 Å². The van der Waals surface area contributed by atoms with Crippen LogP contribution in [0.4, 0.5) is 16.2 Å². The third-order valence-corrected chi connectivity index (χ3v) is 6.08. The van der Waals surface area contributed by atoms with Crippen molar-refractivity contribution in [3.05, 3.63) is 53.1 Å². The lowest BCUT2D eigenvalue weighted by molar-refractivity contribution is 0.0815. The van der Waals surface area contributed by atoms with Crippen molar-refractivity contribution in [1.29, 1.82) is 0 Å². The molecule has 7 nitrogen and oxygen atoms in total. The smallest absolute Gasteiger partial charge is 0.321 e. The summed E-state index contributed by atoms with van der Waals surface area (Å²) in [6.07, 6.45) is 1.27. The number of nitrogens with zero attached hydrogens (tertiary/aromatic N) is 2. The topological polar surface area (TPSA) is 73.9 Å². The number of halogens is 1. The molecule has 0 unspecified atom stereocenters. The first-order valence-electron chi connectivity index (χ1n) is 10.1. The Balaban J connectivity index is 1.41. The summed E-state index contributed by atoms with van der Waals surface area (Å²) in [5.74, 6) is 0.644. The lowest BCUT2D eigenvalue weighted by atomic mass is 9.90. The van der Waals surface area contributed by atoms with Gasteiger partial charge in [0.05, 0.1) is 17.9 Å². The normalized spacial score (nSPS) is 17.4. The molecule has 0 radical (unpaired) electrons. The zero-order chi connectivity index (χ0) is 21.3. The van der Waals surface area contributed by atoms with Crippen LogP contribution in [0.2, 0.25) is 5.02 Å². The zero-order valence-corrected chi connectivity index (χ0v) is 17.8. The number of anilines is 2. The van der Waals surface area contributed by atoms with Gasteiger partial charge in [0, 0.05) is 43.7 Å². The van der Waals surface area contributed by atoms with Crippen molar-refractivity contribution in [3.63, 3.8) is 0 Å². The van der Waals surface area contributed by atoms with E-state index in [0.717, 1.165) is 17.1 Å². The van der Waals surface area contributed by atoms with Gasteiger partial charge in [-0.1, -0.05) is 11.6 Å². The van der Waals surface area contributed by atoms with Crippen molar-refractivity contribution < 1.29 is 14.3 Å². The number of benzene rings is 2. The Morgan fingerprint density at radius 1 is 1.20 bits per heavy atom. The Hall–Kier alpha value is -2.93. The lowest BCUT2D eigenvalue weighted by Gasteiger charge is -2.51. The van der Waals surface area contributed by atoms with E-state index in [2.05, 4.69) is 15.5 Å². The van der Waals surface area contributed by atoms with Crippen molar-refractivity contribution in [1.82, 2.24) is 10.2 Å². The van der Waals surface area contributed by atoms with E-state index in [1.165, 1.54) is 0 Å². The van der Waals surface area contributed by atoms with Crippen LogP contribution in [0.15, 0.2) is 42.5 Å². The number of hydrogen-bond donors (Lipinski definition) is 2. The van der Waals surface area contributed by atoms with Gasteiger partial charge in [-0.3, -0.25) is 4.79 Å². The number of carbonyl (C=O) groups excluding carboxylic acids is 2. The molecule has 1 fully saturated rings. The first-order valence-corrected chi connectivity index (χ1v) is 10.4. The summed E-state index contributed by atoms with van der Waals surface area (Å²) >= 11 is 6.06. The SMILES string of the molecule is CCOc1ccc(NC(=O)N2CCC3(CC2)NC(=O)c2cc(Cl)ccc2N3C)cc1. The zero-order valence-electron chi connectivity index (χ0n) is 17.1. The van der Waals surface area contributed by atoms with E-state index < -0.39 is 5.66 Å². The molecule has 2 N–H and O–H groups in total. The summed E-state index contributed by atoms with van der Waals surface area (Å²) in [5, 5.41) is 6.61. The molecule has 1 saturated heterocycles. The number of fused-ring (bicyclic) bond motifs is 1. The molecule has 1 spiro atoms. The quantitative estimate of drug-likeness (QED) is 0.776. The molecule has 0 atom stereocenters. The molecule has 2 aromatic carbocycles. The molecule has 2 aromatic rings. The van der Waals surface area contributed by atoms with Gasteiger partial charge in [0.2, 0.25) is 0 Å². The highest BCUT2D eigenvalue weighted by Crippen LogP contribution is 2.37. The molecule has 2 aliphatic heterocycles. The molecule has 8 heteroatoms. The summed E-state index contributed by atoms with van der Waals surface area (Å²) in [7, 11) is 1.97. The Labute approximate surface area is 180 Å². The predicted octanol–water partition coefficient (Wildman–Crippen LogP) is 3.94. The van der Waals surface area contributed by atoms with Crippen LogP contribution in [0.1, 0.15) is 30.1 Å². The molecule has 3 amide bonds. The van der Waals surface area contributed by atoms with Crippen molar-refractivity contribution in [2.24, 2.45) is 0 Å². The highest BCUT2D eigenvalue weighted by molar-refractivity contribution is 6.31. The summed E-state index contributed by atoms with van der Waals surface area (Å²) < 4.78 is 5.43. The van der Waals surface area contributed by atoms with Crippen molar-refractivity contribution >= 4 is 34.9 Å². The van der Waals surface area contributed by atoms with Crippen molar-refractivity contribution in [2.75, 3.05) is 37.0 Å². The van der Waals surface area contributed by atoms with Crippen LogP contribution in [0.25, 0.3) is 0 Å². The average Bonchev–Trinajstić information content (AvgIpc) is 2.74. The number of hydrogen-bond acceptors (Lipinski definition) is 4. The third-order valence-electron chi connectivity index (χ3n) is 5.85. The summed E-state index contributed by atoms with van der Waals surface area (Å²) in [4.78, 5) is 29.3. The Kier molecular flexibility index (Phi) is 5.47. The van der Waals surface area contributed by atoms with Crippen LogP contribution in [-0.4, -0.2) is 49.2 Å². The number of carbonyl (C=O) groups is 2. The highest BCUT2D eigenvalue weighted by Gasteiger charge is 2.44. The van der Waals surface area contributed by atoms with Crippen LogP contribution in [0.5, 0.6) is 5.75 Å². The molecule has 2 heterocycles. The van der Waals surface area contributed by atoms with E-state index in [1.807, 2.05) is 44.3 Å². The predicted molar refractivity (Wildman–Crippen MR) is 117 cm³/mol. The fourth-order valence-corrected chi connectivity index (χ4v) is 4.29. The first-order chi connectivity index (χ1) is 14.4. The number of likely N-dealkylation sites (tertiary alicyclic amines) is 1. The molecule has 0 aromatic heterocycles. The minimum absolute atomic E-state index is 0.127. The number of ether oxygens (including phenoxy) is 1. The Morgan fingerprint density at radius 3 is 2.57 bits per heavy atom. The van der Waals surface area contributed by atoms with E-state index in [1.54, 1.807) is 17.0 Å². The van der Waals surface area contributed by atoms with Gasteiger partial charge in [0.15, 0.2) is 0 Å². The highest BCUT2D eigenvalue weighted by atomic mass is 35.5. The summed E-state index contributed by atoms with van der Waals surface area (Å²) in [5.41, 5.74) is 1.65. The standard InChI is InChI=1S/C22H25ClN4O3/c1-3-30-17-7-5-16(6-8-17)24-21(29)27-12-10-22(11-13-27)25-20(28)18-14-15(23)4-9-19(18)26(22)2/h4-9,14H,3,10-13H2,1-2H3,(H,24,29)(H,25,28). The second-order valence-corrected chi connectivity index (χ2v) is 8.02. The number of amides is 3. The van der Waals surface area contributed by atoms with Gasteiger partial charge in [-0.2, -0.15) is 0 Å². The fourth-order valence-electron chi connectivity index (χ4n) is 4.12. The maximum atomic E-state index is 12.7. The molecule has 2 aliphatic rings. The van der Waals surface area contributed by atoms with Gasteiger partial charge in [0.1, 0.15) is 11.4 Å². The largest absolute Gasteiger partial charge is 0.494 e. The second-order valence-electron chi connectivity index (χ2n) is 7.58. The van der Waals surface area contributed by atoms with Gasteiger partial charge in [0.25, 0.3) is 5.91 Å². The van der Waals surface area contributed by atoms with E-state index in [-0.39, 0.29) is 11.9 Å². The van der Waals surface area contributed by atoms with E-state index >= 15 is 0 Å². The first kappa shape index (κ1) is 20.3. The minimum Gasteiger partial charge on any atom is -0.494 e. The third kappa shape index (κ3) is 3.77. The van der Waals surface area contributed by atoms with Crippen LogP contribution in [0.3, 0.4) is 0 Å². The average molecular weight is 429 g/mol. The maximum absolute atomic E-state index is 12.7. The molecule has 0 saturated carbocycles. The molecular weight excluding hydrogens is 404 g/mol. The second kappa shape index (κ2) is 8.07. The Morgan fingerprint density at radius 2 is 1.90 bits per heavy atom. The van der Waals surface area contributed by atoms with Gasteiger partial charge in [-0.15, -0.1) is 0 Å². The summed E-state index contributed by atoms with van der Waals surface area (Å²) in [6, 6.07) is 12.5. The van der Waals surface area contributed by atoms with Crippen molar-refractivity contribution in [2.45, 2.75) is 25.4 Å². The van der Waals surface area contributed by atoms with Gasteiger partial charge >= 0.3 is 6.03 Å². The molecule has 0 bridgehead atoms. The van der Waals surface area contributed by atoms with Gasteiger partial charge in [-0.05, 0) is 49.4 Å². The summed E-state index contributed by atoms with van der Waals surface area (Å²) in [6.45, 7) is 3.61. The molecule has 30 heavy (non-hydrogen) atoms. The van der Waals surface area contributed by atoms with Crippen molar-refractivity contribution in [3.8, 4) is 5.75 Å². The van der Waals surface area contributed by atoms with E-state index in [4.69, 9.17) is 16.3 Å². The number of piperidine rings is 1. The molecule has 0 aliphatic carbocycles. The van der Waals surface area contributed by atoms with Crippen LogP contribution in [-0.2, 0) is 0 Å². The van der Waals surface area contributed by atoms with E-state index in [9.17, 15) is 9.59 Å².